The summed E-state index contributed by atoms with van der Waals surface area (Å²) < 4.78 is 0. The zero-order chi connectivity index (χ0) is 10.7. The van der Waals surface area contributed by atoms with Crippen molar-refractivity contribution < 1.29 is 4.79 Å². The topological polar surface area (TPSA) is 42.0 Å². The lowest BCUT2D eigenvalue weighted by atomic mass is 10.1. The summed E-state index contributed by atoms with van der Waals surface area (Å²) in [6.45, 7) is 0. The molecule has 5 heteroatoms. The Morgan fingerprint density at radius 2 is 2.53 bits per heavy atom. The van der Waals surface area contributed by atoms with Crippen LogP contribution in [0.4, 0.5) is 0 Å². The SMILES string of the molecule is O=C(NC1CCCC1CBr)c1cscn1. The highest BCUT2D eigenvalue weighted by molar-refractivity contribution is 9.09. The Kier molecular flexibility index (Phi) is 3.75. The maximum Gasteiger partial charge on any atom is 0.270 e. The van der Waals surface area contributed by atoms with Crippen molar-refractivity contribution in [3.8, 4) is 0 Å². The molecule has 1 amide bonds. The molecule has 0 bridgehead atoms. The summed E-state index contributed by atoms with van der Waals surface area (Å²) in [6.07, 6.45) is 3.50. The summed E-state index contributed by atoms with van der Waals surface area (Å²) in [5, 5.41) is 5.81. The van der Waals surface area contributed by atoms with Gasteiger partial charge in [0.1, 0.15) is 5.69 Å². The molecule has 1 aromatic heterocycles. The second-order valence-corrected chi connectivity index (χ2v) is 5.17. The molecule has 0 saturated heterocycles. The van der Waals surface area contributed by atoms with E-state index in [2.05, 4.69) is 26.2 Å². The first-order valence-electron chi connectivity index (χ1n) is 5.06. The summed E-state index contributed by atoms with van der Waals surface area (Å²) in [4.78, 5) is 15.7. The molecule has 1 heterocycles. The van der Waals surface area contributed by atoms with Crippen molar-refractivity contribution in [2.24, 2.45) is 5.92 Å². The molecule has 1 saturated carbocycles. The van der Waals surface area contributed by atoms with Gasteiger partial charge in [-0.1, -0.05) is 22.4 Å². The molecule has 0 radical (unpaired) electrons. The highest BCUT2D eigenvalue weighted by Gasteiger charge is 2.28. The zero-order valence-electron chi connectivity index (χ0n) is 8.28. The summed E-state index contributed by atoms with van der Waals surface area (Å²) in [7, 11) is 0. The number of nitrogens with zero attached hydrogens (tertiary/aromatic N) is 1. The van der Waals surface area contributed by atoms with Crippen LogP contribution in [0.25, 0.3) is 0 Å². The van der Waals surface area contributed by atoms with Crippen LogP contribution < -0.4 is 5.32 Å². The monoisotopic (exact) mass is 288 g/mol. The molecule has 1 aliphatic rings. The highest BCUT2D eigenvalue weighted by atomic mass is 79.9. The number of aromatic nitrogens is 1. The quantitative estimate of drug-likeness (QED) is 0.868. The highest BCUT2D eigenvalue weighted by Crippen LogP contribution is 2.27. The van der Waals surface area contributed by atoms with E-state index in [1.807, 2.05) is 0 Å². The van der Waals surface area contributed by atoms with Gasteiger partial charge in [-0.2, -0.15) is 0 Å². The Morgan fingerprint density at radius 1 is 1.67 bits per heavy atom. The molecule has 2 atom stereocenters. The van der Waals surface area contributed by atoms with Crippen LogP contribution in [0, 0.1) is 5.92 Å². The standard InChI is InChI=1S/C10H13BrN2OS/c11-4-7-2-1-3-8(7)13-10(14)9-5-15-6-12-9/h5-8H,1-4H2,(H,13,14). The second-order valence-electron chi connectivity index (χ2n) is 3.80. The molecule has 0 aromatic carbocycles. The van der Waals surface area contributed by atoms with Gasteiger partial charge in [-0.25, -0.2) is 4.98 Å². The van der Waals surface area contributed by atoms with Crippen LogP contribution in [-0.4, -0.2) is 22.3 Å². The van der Waals surface area contributed by atoms with Gasteiger partial charge in [0.2, 0.25) is 0 Å². The van der Waals surface area contributed by atoms with Crippen molar-refractivity contribution >= 4 is 33.2 Å². The number of amides is 1. The van der Waals surface area contributed by atoms with Crippen molar-refractivity contribution in [1.82, 2.24) is 10.3 Å². The first kappa shape index (κ1) is 11.1. The van der Waals surface area contributed by atoms with Gasteiger partial charge in [0, 0.05) is 16.8 Å². The Hall–Kier alpha value is -0.420. The average molecular weight is 289 g/mol. The third kappa shape index (κ3) is 2.58. The molecule has 0 aliphatic heterocycles. The number of hydrogen-bond acceptors (Lipinski definition) is 3. The lowest BCUT2D eigenvalue weighted by Crippen LogP contribution is -2.38. The third-order valence-electron chi connectivity index (χ3n) is 2.84. The minimum Gasteiger partial charge on any atom is -0.348 e. The minimum absolute atomic E-state index is 0.0332. The Morgan fingerprint density at radius 3 is 3.20 bits per heavy atom. The molecular formula is C10H13BrN2OS. The predicted molar refractivity (Wildman–Crippen MR) is 64.5 cm³/mol. The van der Waals surface area contributed by atoms with Gasteiger partial charge in [0.05, 0.1) is 5.51 Å². The molecule has 1 aliphatic carbocycles. The molecule has 1 fully saturated rings. The average Bonchev–Trinajstić information content (AvgIpc) is 2.87. The van der Waals surface area contributed by atoms with Gasteiger partial charge in [0.15, 0.2) is 0 Å². The van der Waals surface area contributed by atoms with Crippen LogP contribution in [0.2, 0.25) is 0 Å². The molecule has 15 heavy (non-hydrogen) atoms. The molecule has 82 valence electrons. The van der Waals surface area contributed by atoms with Crippen LogP contribution in [-0.2, 0) is 0 Å². The molecular weight excluding hydrogens is 276 g/mol. The summed E-state index contributed by atoms with van der Waals surface area (Å²) in [6, 6.07) is 0.318. The van der Waals surface area contributed by atoms with E-state index in [9.17, 15) is 4.79 Å². The Labute approximate surface area is 101 Å². The van der Waals surface area contributed by atoms with E-state index in [0.717, 1.165) is 11.8 Å². The summed E-state index contributed by atoms with van der Waals surface area (Å²) in [5.74, 6) is 0.543. The number of thiazole rings is 1. The smallest absolute Gasteiger partial charge is 0.270 e. The molecule has 0 spiro atoms. The fourth-order valence-electron chi connectivity index (χ4n) is 1.98. The molecule has 1 aromatic rings. The van der Waals surface area contributed by atoms with Crippen LogP contribution in [0.3, 0.4) is 0 Å². The van der Waals surface area contributed by atoms with E-state index in [-0.39, 0.29) is 5.91 Å². The predicted octanol–water partition coefficient (Wildman–Crippen LogP) is 2.44. The van der Waals surface area contributed by atoms with Gasteiger partial charge in [0.25, 0.3) is 5.91 Å². The van der Waals surface area contributed by atoms with E-state index in [4.69, 9.17) is 0 Å². The van der Waals surface area contributed by atoms with Crippen molar-refractivity contribution in [2.45, 2.75) is 25.3 Å². The number of halogens is 1. The van der Waals surface area contributed by atoms with Gasteiger partial charge in [-0.15, -0.1) is 11.3 Å². The van der Waals surface area contributed by atoms with E-state index in [0.29, 0.717) is 17.7 Å². The van der Waals surface area contributed by atoms with Gasteiger partial charge >= 0.3 is 0 Å². The third-order valence-corrected chi connectivity index (χ3v) is 4.26. The number of nitrogens with one attached hydrogen (secondary N) is 1. The van der Waals surface area contributed by atoms with Gasteiger partial charge in [-0.05, 0) is 18.8 Å². The van der Waals surface area contributed by atoms with Crippen molar-refractivity contribution in [1.29, 1.82) is 0 Å². The van der Waals surface area contributed by atoms with E-state index in [1.165, 1.54) is 24.2 Å². The first-order chi connectivity index (χ1) is 7.31. The summed E-state index contributed by atoms with van der Waals surface area (Å²) >= 11 is 4.94. The van der Waals surface area contributed by atoms with E-state index < -0.39 is 0 Å². The van der Waals surface area contributed by atoms with Crippen molar-refractivity contribution in [2.75, 3.05) is 5.33 Å². The molecule has 2 unspecified atom stereocenters. The number of alkyl halides is 1. The van der Waals surface area contributed by atoms with E-state index >= 15 is 0 Å². The van der Waals surface area contributed by atoms with Crippen LogP contribution in [0.1, 0.15) is 29.8 Å². The van der Waals surface area contributed by atoms with Gasteiger partial charge < -0.3 is 5.32 Å². The largest absolute Gasteiger partial charge is 0.348 e. The zero-order valence-corrected chi connectivity index (χ0v) is 10.7. The lowest BCUT2D eigenvalue weighted by molar-refractivity contribution is 0.0926. The fourth-order valence-corrected chi connectivity index (χ4v) is 3.29. The molecule has 2 rings (SSSR count). The van der Waals surface area contributed by atoms with Crippen molar-refractivity contribution in [3.63, 3.8) is 0 Å². The Balaban J connectivity index is 1.94. The molecule has 3 nitrogen and oxygen atoms in total. The second kappa shape index (κ2) is 5.07. The maximum absolute atomic E-state index is 11.7. The maximum atomic E-state index is 11.7. The molecule has 1 N–H and O–H groups in total. The minimum atomic E-state index is -0.0332. The van der Waals surface area contributed by atoms with Crippen molar-refractivity contribution in [3.05, 3.63) is 16.6 Å². The normalized spacial score (nSPS) is 25.4. The van der Waals surface area contributed by atoms with Crippen LogP contribution in [0.15, 0.2) is 10.9 Å². The van der Waals surface area contributed by atoms with Crippen LogP contribution in [0.5, 0.6) is 0 Å². The Bertz CT molecular complexity index is 328. The number of carbonyl (C=O) groups is 1. The number of hydrogen-bond donors (Lipinski definition) is 1. The van der Waals surface area contributed by atoms with Gasteiger partial charge in [-0.3, -0.25) is 4.79 Å². The fraction of sp³-hybridized carbons (Fsp3) is 0.600. The van der Waals surface area contributed by atoms with Crippen LogP contribution >= 0.6 is 27.3 Å². The first-order valence-corrected chi connectivity index (χ1v) is 7.12. The lowest BCUT2D eigenvalue weighted by Gasteiger charge is -2.18. The number of rotatable bonds is 3. The van der Waals surface area contributed by atoms with E-state index in [1.54, 1.807) is 10.9 Å². The summed E-state index contributed by atoms with van der Waals surface area (Å²) in [5.41, 5.74) is 2.23. The number of carbonyl (C=O) groups excluding carboxylic acids is 1.